The highest BCUT2D eigenvalue weighted by molar-refractivity contribution is 9.10. The molecule has 1 aromatic carbocycles. The second-order valence-corrected chi connectivity index (χ2v) is 5.83. The fourth-order valence-corrected chi connectivity index (χ4v) is 2.94. The van der Waals surface area contributed by atoms with E-state index in [0.717, 1.165) is 16.6 Å². The Bertz CT molecular complexity index is 510. The van der Waals surface area contributed by atoms with Crippen LogP contribution in [0.2, 0.25) is 0 Å². The highest BCUT2D eigenvalue weighted by Crippen LogP contribution is 2.19. The maximum absolute atomic E-state index is 13.3. The Balaban J connectivity index is 1.87. The average molecular weight is 314 g/mol. The van der Waals surface area contributed by atoms with Crippen LogP contribution in [0, 0.1) is 12.7 Å². The number of nitrogens with one attached hydrogen (secondary N) is 1. The van der Waals surface area contributed by atoms with Crippen molar-refractivity contribution in [1.29, 1.82) is 0 Å². The Morgan fingerprint density at radius 2 is 2.12 bits per heavy atom. The summed E-state index contributed by atoms with van der Waals surface area (Å²) in [4.78, 5) is 1.27. The van der Waals surface area contributed by atoms with E-state index in [9.17, 15) is 4.39 Å². The van der Waals surface area contributed by atoms with E-state index in [1.54, 1.807) is 24.3 Å². The summed E-state index contributed by atoms with van der Waals surface area (Å²) < 4.78 is 14.4. The SMILES string of the molecule is Cc1ccc(CNCc2cc(Br)cs2)cc1F. The van der Waals surface area contributed by atoms with Gasteiger partial charge >= 0.3 is 0 Å². The van der Waals surface area contributed by atoms with E-state index >= 15 is 0 Å². The summed E-state index contributed by atoms with van der Waals surface area (Å²) >= 11 is 5.13. The molecule has 0 radical (unpaired) electrons. The maximum Gasteiger partial charge on any atom is 0.126 e. The first-order chi connectivity index (χ1) is 8.15. The summed E-state index contributed by atoms with van der Waals surface area (Å²) in [5.41, 5.74) is 1.67. The lowest BCUT2D eigenvalue weighted by molar-refractivity contribution is 0.612. The van der Waals surface area contributed by atoms with Crippen molar-refractivity contribution < 1.29 is 4.39 Å². The number of hydrogen-bond donors (Lipinski definition) is 1. The number of benzene rings is 1. The van der Waals surface area contributed by atoms with Crippen LogP contribution < -0.4 is 5.32 Å². The van der Waals surface area contributed by atoms with Gasteiger partial charge in [-0.05, 0) is 46.1 Å². The lowest BCUT2D eigenvalue weighted by atomic mass is 10.1. The maximum atomic E-state index is 13.3. The van der Waals surface area contributed by atoms with E-state index in [4.69, 9.17) is 0 Å². The predicted octanol–water partition coefficient (Wildman–Crippen LogP) is 4.25. The highest BCUT2D eigenvalue weighted by atomic mass is 79.9. The number of aryl methyl sites for hydroxylation is 1. The van der Waals surface area contributed by atoms with Crippen LogP contribution in [0.1, 0.15) is 16.0 Å². The summed E-state index contributed by atoms with van der Waals surface area (Å²) in [5, 5.41) is 5.36. The second-order valence-electron chi connectivity index (χ2n) is 3.92. The van der Waals surface area contributed by atoms with Gasteiger partial charge in [0.25, 0.3) is 0 Å². The van der Waals surface area contributed by atoms with Gasteiger partial charge in [-0.15, -0.1) is 11.3 Å². The molecule has 0 bridgehead atoms. The van der Waals surface area contributed by atoms with E-state index in [1.807, 2.05) is 12.1 Å². The molecule has 0 atom stereocenters. The molecule has 1 N–H and O–H groups in total. The van der Waals surface area contributed by atoms with Crippen molar-refractivity contribution in [3.05, 3.63) is 55.9 Å². The van der Waals surface area contributed by atoms with Crippen LogP contribution in [-0.4, -0.2) is 0 Å². The molecule has 0 aliphatic rings. The third-order valence-corrected chi connectivity index (χ3v) is 4.18. The molecule has 0 spiro atoms. The smallest absolute Gasteiger partial charge is 0.126 e. The normalized spacial score (nSPS) is 10.8. The third-order valence-electron chi connectivity index (χ3n) is 2.49. The van der Waals surface area contributed by atoms with Gasteiger partial charge in [0.2, 0.25) is 0 Å². The summed E-state index contributed by atoms with van der Waals surface area (Å²) in [6.45, 7) is 3.27. The molecule has 1 nitrogen and oxygen atoms in total. The summed E-state index contributed by atoms with van der Waals surface area (Å²) in [6.07, 6.45) is 0. The molecular weight excluding hydrogens is 301 g/mol. The lowest BCUT2D eigenvalue weighted by Gasteiger charge is -2.04. The molecule has 0 fully saturated rings. The zero-order valence-corrected chi connectivity index (χ0v) is 11.9. The molecule has 4 heteroatoms. The minimum atomic E-state index is -0.136. The van der Waals surface area contributed by atoms with Gasteiger partial charge in [-0.25, -0.2) is 4.39 Å². The summed E-state index contributed by atoms with van der Waals surface area (Å²) in [6, 6.07) is 7.45. The molecule has 0 unspecified atom stereocenters. The molecule has 0 amide bonds. The first-order valence-electron chi connectivity index (χ1n) is 5.34. The van der Waals surface area contributed by atoms with E-state index in [1.165, 1.54) is 4.88 Å². The van der Waals surface area contributed by atoms with Crippen LogP contribution >= 0.6 is 27.3 Å². The largest absolute Gasteiger partial charge is 0.308 e. The number of rotatable bonds is 4. The first kappa shape index (κ1) is 12.7. The minimum Gasteiger partial charge on any atom is -0.308 e. The zero-order chi connectivity index (χ0) is 12.3. The predicted molar refractivity (Wildman–Crippen MR) is 73.7 cm³/mol. The fourth-order valence-electron chi connectivity index (χ4n) is 1.52. The zero-order valence-electron chi connectivity index (χ0n) is 9.47. The van der Waals surface area contributed by atoms with Gasteiger partial charge in [-0.1, -0.05) is 12.1 Å². The van der Waals surface area contributed by atoms with Gasteiger partial charge in [-0.2, -0.15) is 0 Å². The Labute approximate surface area is 113 Å². The molecular formula is C13H13BrFNS. The molecule has 0 aliphatic carbocycles. The first-order valence-corrected chi connectivity index (χ1v) is 7.01. The van der Waals surface area contributed by atoms with Gasteiger partial charge in [0.05, 0.1) is 0 Å². The van der Waals surface area contributed by atoms with Crippen molar-refractivity contribution in [3.63, 3.8) is 0 Å². The summed E-state index contributed by atoms with van der Waals surface area (Å²) in [5.74, 6) is -0.136. The number of hydrogen-bond acceptors (Lipinski definition) is 2. The molecule has 2 rings (SSSR count). The lowest BCUT2D eigenvalue weighted by Crippen LogP contribution is -2.11. The topological polar surface area (TPSA) is 12.0 Å². The van der Waals surface area contributed by atoms with Crippen molar-refractivity contribution in [3.8, 4) is 0 Å². The van der Waals surface area contributed by atoms with Gasteiger partial charge in [0, 0.05) is 27.8 Å². The van der Waals surface area contributed by atoms with Crippen LogP contribution in [0.15, 0.2) is 34.1 Å². The van der Waals surface area contributed by atoms with Gasteiger partial charge in [0.15, 0.2) is 0 Å². The van der Waals surface area contributed by atoms with Crippen LogP contribution in [-0.2, 0) is 13.1 Å². The Morgan fingerprint density at radius 1 is 1.29 bits per heavy atom. The molecule has 17 heavy (non-hydrogen) atoms. The number of thiophene rings is 1. The highest BCUT2D eigenvalue weighted by Gasteiger charge is 2.00. The van der Waals surface area contributed by atoms with Gasteiger partial charge < -0.3 is 5.32 Å². The van der Waals surface area contributed by atoms with E-state index in [0.29, 0.717) is 12.1 Å². The molecule has 0 saturated heterocycles. The Hall–Kier alpha value is -0.710. The van der Waals surface area contributed by atoms with Crippen molar-refractivity contribution in [2.24, 2.45) is 0 Å². The summed E-state index contributed by atoms with van der Waals surface area (Å²) in [7, 11) is 0. The van der Waals surface area contributed by atoms with Crippen LogP contribution in [0.25, 0.3) is 0 Å². The van der Waals surface area contributed by atoms with Crippen molar-refractivity contribution in [2.75, 3.05) is 0 Å². The Kier molecular flexibility index (Phi) is 4.31. The molecule has 2 aromatic rings. The quantitative estimate of drug-likeness (QED) is 0.890. The van der Waals surface area contributed by atoms with E-state index in [2.05, 4.69) is 32.7 Å². The molecule has 90 valence electrons. The van der Waals surface area contributed by atoms with Gasteiger partial charge in [0.1, 0.15) is 5.82 Å². The van der Waals surface area contributed by atoms with E-state index < -0.39 is 0 Å². The van der Waals surface area contributed by atoms with E-state index in [-0.39, 0.29) is 5.82 Å². The molecule has 0 aliphatic heterocycles. The van der Waals surface area contributed by atoms with Gasteiger partial charge in [-0.3, -0.25) is 0 Å². The Morgan fingerprint density at radius 3 is 2.76 bits per heavy atom. The fraction of sp³-hybridized carbons (Fsp3) is 0.231. The molecule has 1 aromatic heterocycles. The van der Waals surface area contributed by atoms with Crippen LogP contribution in [0.5, 0.6) is 0 Å². The van der Waals surface area contributed by atoms with Crippen LogP contribution in [0.3, 0.4) is 0 Å². The minimum absolute atomic E-state index is 0.136. The molecule has 0 saturated carbocycles. The second kappa shape index (κ2) is 5.76. The average Bonchev–Trinajstić information content (AvgIpc) is 2.70. The standard InChI is InChI=1S/C13H13BrFNS/c1-9-2-3-10(4-13(9)15)6-16-7-12-5-11(14)8-17-12/h2-5,8,16H,6-7H2,1H3. The van der Waals surface area contributed by atoms with Crippen molar-refractivity contribution in [1.82, 2.24) is 5.32 Å². The number of halogens is 2. The monoisotopic (exact) mass is 313 g/mol. The third kappa shape index (κ3) is 3.63. The van der Waals surface area contributed by atoms with Crippen molar-refractivity contribution in [2.45, 2.75) is 20.0 Å². The van der Waals surface area contributed by atoms with Crippen LogP contribution in [0.4, 0.5) is 4.39 Å². The molecule has 1 heterocycles. The van der Waals surface area contributed by atoms with Crippen molar-refractivity contribution >= 4 is 27.3 Å².